The van der Waals surface area contributed by atoms with Crippen LogP contribution in [0.4, 0.5) is 11.4 Å². The van der Waals surface area contributed by atoms with E-state index in [0.717, 1.165) is 35.4 Å². The fourth-order valence-corrected chi connectivity index (χ4v) is 3.06. The largest absolute Gasteiger partial charge is 0.366 e. The summed E-state index contributed by atoms with van der Waals surface area (Å²) in [5.41, 5.74) is 4.55. The quantitative estimate of drug-likeness (QED) is 0.907. The Kier molecular flexibility index (Phi) is 3.92. The highest BCUT2D eigenvalue weighted by atomic mass is 79.9. The van der Waals surface area contributed by atoms with Gasteiger partial charge in [-0.05, 0) is 45.6 Å². The number of nitrogens with one attached hydrogen (secondary N) is 1. The number of aromatic nitrogens is 1. The molecule has 1 aromatic carbocycles. The van der Waals surface area contributed by atoms with E-state index in [2.05, 4.69) is 43.3 Å². The number of benzene rings is 1. The maximum Gasteiger partial charge on any atom is 0.221 e. The van der Waals surface area contributed by atoms with Crippen LogP contribution in [0.1, 0.15) is 18.1 Å². The first-order valence-corrected chi connectivity index (χ1v) is 7.66. The number of rotatable bonds is 2. The Morgan fingerprint density at radius 1 is 1.38 bits per heavy atom. The molecule has 1 aliphatic rings. The lowest BCUT2D eigenvalue weighted by Gasteiger charge is -2.31. The zero-order chi connectivity index (χ0) is 14.8. The number of carbonyl (C=O) groups is 1. The molecule has 1 aromatic heterocycles. The van der Waals surface area contributed by atoms with Crippen molar-refractivity contribution in [1.82, 2.24) is 4.98 Å². The third-order valence-corrected chi connectivity index (χ3v) is 4.07. The topological polar surface area (TPSA) is 45.2 Å². The van der Waals surface area contributed by atoms with E-state index in [1.54, 1.807) is 13.1 Å². The zero-order valence-corrected chi connectivity index (χ0v) is 13.4. The predicted octanol–water partition coefficient (Wildman–Crippen LogP) is 3.37. The second kappa shape index (κ2) is 5.85. The van der Waals surface area contributed by atoms with Crippen molar-refractivity contribution in [2.24, 2.45) is 0 Å². The van der Waals surface area contributed by atoms with Crippen molar-refractivity contribution in [2.45, 2.75) is 19.9 Å². The van der Waals surface area contributed by atoms with Crippen molar-refractivity contribution in [3.63, 3.8) is 0 Å². The maximum atomic E-state index is 11.3. The molecule has 2 heterocycles. The minimum atomic E-state index is -0.0259. The predicted molar refractivity (Wildman–Crippen MR) is 87.4 cm³/mol. The highest BCUT2D eigenvalue weighted by Gasteiger charge is 2.19. The van der Waals surface area contributed by atoms with Crippen LogP contribution in [0.2, 0.25) is 0 Å². The molecule has 0 atom stereocenters. The number of amides is 1. The number of hydrogen-bond donors (Lipinski definition) is 1. The standard InChI is InChI=1S/C16H16BrN3O/c1-11(21)19-16-4-2-3-12-10-20(6-5-15(12)16)14-7-13(17)8-18-9-14/h2-4,7-9H,5-6,10H2,1H3,(H,19,21). The van der Waals surface area contributed by atoms with Gasteiger partial charge in [0.25, 0.3) is 0 Å². The van der Waals surface area contributed by atoms with Crippen LogP contribution in [0, 0.1) is 0 Å². The molecule has 1 aliphatic heterocycles. The summed E-state index contributed by atoms with van der Waals surface area (Å²) in [7, 11) is 0. The lowest BCUT2D eigenvalue weighted by Crippen LogP contribution is -2.31. The van der Waals surface area contributed by atoms with E-state index in [0.29, 0.717) is 0 Å². The SMILES string of the molecule is CC(=O)Nc1cccc2c1CCN(c1cncc(Br)c1)C2. The summed E-state index contributed by atoms with van der Waals surface area (Å²) in [6.07, 6.45) is 4.59. The molecule has 0 saturated heterocycles. The number of hydrogen-bond acceptors (Lipinski definition) is 3. The van der Waals surface area contributed by atoms with Gasteiger partial charge in [0.1, 0.15) is 0 Å². The molecule has 0 fully saturated rings. The van der Waals surface area contributed by atoms with E-state index in [4.69, 9.17) is 0 Å². The molecular formula is C16H16BrN3O. The summed E-state index contributed by atoms with van der Waals surface area (Å²) < 4.78 is 0.984. The molecule has 4 nitrogen and oxygen atoms in total. The van der Waals surface area contributed by atoms with Crippen LogP contribution in [0.5, 0.6) is 0 Å². The molecule has 21 heavy (non-hydrogen) atoms. The third kappa shape index (κ3) is 3.08. The lowest BCUT2D eigenvalue weighted by molar-refractivity contribution is -0.114. The van der Waals surface area contributed by atoms with Crippen LogP contribution < -0.4 is 10.2 Å². The number of carbonyl (C=O) groups excluding carboxylic acids is 1. The second-order valence-corrected chi connectivity index (χ2v) is 6.07. The molecule has 0 radical (unpaired) electrons. The minimum absolute atomic E-state index is 0.0259. The average molecular weight is 346 g/mol. The number of nitrogens with zero attached hydrogens (tertiary/aromatic N) is 2. The van der Waals surface area contributed by atoms with Gasteiger partial charge < -0.3 is 10.2 Å². The fraction of sp³-hybridized carbons (Fsp3) is 0.250. The molecule has 0 aliphatic carbocycles. The van der Waals surface area contributed by atoms with Crippen molar-refractivity contribution < 1.29 is 4.79 Å². The van der Waals surface area contributed by atoms with Gasteiger partial charge in [-0.1, -0.05) is 12.1 Å². The Morgan fingerprint density at radius 2 is 2.24 bits per heavy atom. The first-order valence-electron chi connectivity index (χ1n) is 6.87. The Labute approximate surface area is 132 Å². The molecule has 3 rings (SSSR count). The second-order valence-electron chi connectivity index (χ2n) is 5.16. The minimum Gasteiger partial charge on any atom is -0.366 e. The number of fused-ring (bicyclic) bond motifs is 1. The molecule has 0 unspecified atom stereocenters. The Hall–Kier alpha value is -1.88. The van der Waals surface area contributed by atoms with E-state index >= 15 is 0 Å². The van der Waals surface area contributed by atoms with E-state index in [1.165, 1.54) is 11.1 Å². The van der Waals surface area contributed by atoms with Gasteiger partial charge in [-0.3, -0.25) is 9.78 Å². The van der Waals surface area contributed by atoms with Crippen LogP contribution in [-0.4, -0.2) is 17.4 Å². The van der Waals surface area contributed by atoms with E-state index in [9.17, 15) is 4.79 Å². The summed E-state index contributed by atoms with van der Waals surface area (Å²) in [4.78, 5) is 17.8. The molecular weight excluding hydrogens is 330 g/mol. The highest BCUT2D eigenvalue weighted by molar-refractivity contribution is 9.10. The van der Waals surface area contributed by atoms with Crippen molar-refractivity contribution in [1.29, 1.82) is 0 Å². The molecule has 1 N–H and O–H groups in total. The van der Waals surface area contributed by atoms with Crippen molar-refractivity contribution in [2.75, 3.05) is 16.8 Å². The van der Waals surface area contributed by atoms with E-state index in [-0.39, 0.29) is 5.91 Å². The summed E-state index contributed by atoms with van der Waals surface area (Å²) in [6.45, 7) is 3.30. The molecule has 0 bridgehead atoms. The molecule has 1 amide bonds. The average Bonchev–Trinajstić information content (AvgIpc) is 2.46. The molecule has 0 spiro atoms. The number of pyridine rings is 1. The monoisotopic (exact) mass is 345 g/mol. The summed E-state index contributed by atoms with van der Waals surface area (Å²) in [6, 6.07) is 8.16. The third-order valence-electron chi connectivity index (χ3n) is 3.63. The molecule has 2 aromatic rings. The Bertz CT molecular complexity index is 687. The fourth-order valence-electron chi connectivity index (χ4n) is 2.71. The summed E-state index contributed by atoms with van der Waals surface area (Å²) >= 11 is 3.46. The van der Waals surface area contributed by atoms with E-state index in [1.807, 2.05) is 18.3 Å². The molecule has 108 valence electrons. The first-order chi connectivity index (χ1) is 10.1. The molecule has 0 saturated carbocycles. The summed E-state index contributed by atoms with van der Waals surface area (Å²) in [5.74, 6) is -0.0259. The van der Waals surface area contributed by atoms with Crippen LogP contribution >= 0.6 is 15.9 Å². The van der Waals surface area contributed by atoms with Gasteiger partial charge in [0.15, 0.2) is 0 Å². The van der Waals surface area contributed by atoms with Gasteiger partial charge >= 0.3 is 0 Å². The maximum absolute atomic E-state index is 11.3. The zero-order valence-electron chi connectivity index (χ0n) is 11.8. The van der Waals surface area contributed by atoms with Crippen molar-refractivity contribution in [3.05, 3.63) is 52.3 Å². The van der Waals surface area contributed by atoms with Crippen LogP contribution in [0.15, 0.2) is 41.1 Å². The summed E-state index contributed by atoms with van der Waals surface area (Å²) in [5, 5.41) is 2.92. The van der Waals surface area contributed by atoms with Crippen molar-refractivity contribution in [3.8, 4) is 0 Å². The van der Waals surface area contributed by atoms with Gasteiger partial charge in [-0.25, -0.2) is 0 Å². The van der Waals surface area contributed by atoms with Gasteiger partial charge in [-0.15, -0.1) is 0 Å². The van der Waals surface area contributed by atoms with Gasteiger partial charge in [0.05, 0.1) is 11.9 Å². The van der Waals surface area contributed by atoms with E-state index < -0.39 is 0 Å². The van der Waals surface area contributed by atoms with Crippen molar-refractivity contribution >= 4 is 33.2 Å². The van der Waals surface area contributed by atoms with Gasteiger partial charge in [-0.2, -0.15) is 0 Å². The lowest BCUT2D eigenvalue weighted by atomic mass is 9.97. The number of anilines is 2. The Morgan fingerprint density at radius 3 is 3.00 bits per heavy atom. The normalized spacial score (nSPS) is 13.7. The molecule has 5 heteroatoms. The van der Waals surface area contributed by atoms with Crippen LogP contribution in [0.25, 0.3) is 0 Å². The first kappa shape index (κ1) is 14.1. The van der Waals surface area contributed by atoms with Crippen LogP contribution in [-0.2, 0) is 17.8 Å². The highest BCUT2D eigenvalue weighted by Crippen LogP contribution is 2.29. The van der Waals surface area contributed by atoms with Crippen LogP contribution in [0.3, 0.4) is 0 Å². The number of halogens is 1. The Balaban J connectivity index is 1.88. The smallest absolute Gasteiger partial charge is 0.221 e. The van der Waals surface area contributed by atoms with Gasteiger partial charge in [0.2, 0.25) is 5.91 Å². The van der Waals surface area contributed by atoms with Gasteiger partial charge in [0, 0.05) is 36.4 Å².